The lowest BCUT2D eigenvalue weighted by Gasteiger charge is -2.16. The minimum Gasteiger partial charge on any atom is -0.480 e. The van der Waals surface area contributed by atoms with Gasteiger partial charge in [-0.2, -0.15) is 5.26 Å². The van der Waals surface area contributed by atoms with E-state index in [4.69, 9.17) is 15.7 Å². The topological polar surface area (TPSA) is 112 Å². The van der Waals surface area contributed by atoms with Crippen molar-refractivity contribution in [3.8, 4) is 11.9 Å². The fourth-order valence-electron chi connectivity index (χ4n) is 1.25. The third-order valence-electron chi connectivity index (χ3n) is 2.10. The van der Waals surface area contributed by atoms with E-state index in [0.29, 0.717) is 5.56 Å². The maximum atomic E-state index is 9.67. The predicted octanol–water partition coefficient (Wildman–Crippen LogP) is -0.0196. The van der Waals surface area contributed by atoms with Gasteiger partial charge < -0.3 is 20.7 Å². The number of nitrogens with two attached hydrogens (primary N) is 1. The van der Waals surface area contributed by atoms with Crippen LogP contribution in [0.3, 0.4) is 0 Å². The molecule has 1 heterocycles. The predicted molar refractivity (Wildman–Crippen MR) is 56.4 cm³/mol. The molecule has 2 unspecified atom stereocenters. The van der Waals surface area contributed by atoms with Crippen molar-refractivity contribution in [2.45, 2.75) is 18.6 Å². The number of aliphatic hydroxyl groups is 2. The fourth-order valence-corrected chi connectivity index (χ4v) is 1.25. The molecule has 0 fully saturated rings. The van der Waals surface area contributed by atoms with E-state index in [2.05, 4.69) is 4.98 Å². The van der Waals surface area contributed by atoms with Gasteiger partial charge in [0.25, 0.3) is 0 Å². The molecule has 0 aliphatic rings. The number of aromatic nitrogens is 1. The summed E-state index contributed by atoms with van der Waals surface area (Å²) in [5, 5.41) is 27.5. The lowest BCUT2D eigenvalue weighted by atomic mass is 10.0. The molecule has 2 atom stereocenters. The molecule has 1 aromatic rings. The average molecular weight is 223 g/mol. The van der Waals surface area contributed by atoms with Gasteiger partial charge in [0.05, 0.1) is 31.4 Å². The molecule has 0 aliphatic carbocycles. The first-order valence-electron chi connectivity index (χ1n) is 4.62. The Labute approximate surface area is 92.9 Å². The number of hydrogen-bond acceptors (Lipinski definition) is 6. The summed E-state index contributed by atoms with van der Waals surface area (Å²) < 4.78 is 4.86. The zero-order chi connectivity index (χ0) is 12.1. The maximum absolute atomic E-state index is 9.67. The van der Waals surface area contributed by atoms with Crippen molar-refractivity contribution in [3.05, 3.63) is 17.8 Å². The van der Waals surface area contributed by atoms with Crippen LogP contribution in [0.1, 0.15) is 18.1 Å². The highest BCUT2D eigenvalue weighted by molar-refractivity contribution is 5.49. The number of anilines is 1. The average Bonchev–Trinajstić information content (AvgIpc) is 2.28. The second-order valence-electron chi connectivity index (χ2n) is 3.24. The molecule has 0 saturated heterocycles. The molecule has 6 heteroatoms. The van der Waals surface area contributed by atoms with Crippen LogP contribution in [0.5, 0.6) is 5.88 Å². The first-order chi connectivity index (χ1) is 7.60. The molecule has 86 valence electrons. The molecular formula is C10H13N3O3. The molecule has 0 saturated carbocycles. The highest BCUT2D eigenvalue weighted by Crippen LogP contribution is 2.24. The number of nitrogens with zero attached hydrogens (tertiary/aromatic N) is 2. The van der Waals surface area contributed by atoms with Crippen LogP contribution in [-0.4, -0.2) is 28.4 Å². The Morgan fingerprint density at radius 2 is 2.31 bits per heavy atom. The van der Waals surface area contributed by atoms with Crippen molar-refractivity contribution in [1.29, 1.82) is 5.26 Å². The lowest BCUT2D eigenvalue weighted by molar-refractivity contribution is 0.0214. The Bertz CT molecular complexity index is 403. The van der Waals surface area contributed by atoms with Gasteiger partial charge in [0.15, 0.2) is 0 Å². The van der Waals surface area contributed by atoms with Gasteiger partial charge in [-0.15, -0.1) is 0 Å². The largest absolute Gasteiger partial charge is 0.480 e. The standard InChI is InChI=1S/C10H13N3O3/c1-16-10-7(12)4-6(5-13-10)9(15)8(14)2-3-11/h4-5,8-9,14-15H,2,12H2,1H3. The van der Waals surface area contributed by atoms with Gasteiger partial charge in [-0.25, -0.2) is 4.98 Å². The van der Waals surface area contributed by atoms with Crippen molar-refractivity contribution in [2.24, 2.45) is 0 Å². The summed E-state index contributed by atoms with van der Waals surface area (Å²) in [6.07, 6.45) is -1.15. The number of nitrogen functional groups attached to an aromatic ring is 1. The number of ether oxygens (including phenoxy) is 1. The van der Waals surface area contributed by atoms with E-state index >= 15 is 0 Å². The van der Waals surface area contributed by atoms with Crippen LogP contribution in [0.2, 0.25) is 0 Å². The van der Waals surface area contributed by atoms with Crippen molar-refractivity contribution in [3.63, 3.8) is 0 Å². The normalized spacial score (nSPS) is 13.9. The highest BCUT2D eigenvalue weighted by Gasteiger charge is 2.19. The zero-order valence-electron chi connectivity index (χ0n) is 8.79. The summed E-state index contributed by atoms with van der Waals surface area (Å²) in [4.78, 5) is 3.86. The minimum atomic E-state index is -1.18. The molecule has 0 aliphatic heterocycles. The van der Waals surface area contributed by atoms with E-state index in [-0.39, 0.29) is 18.0 Å². The van der Waals surface area contributed by atoms with Gasteiger partial charge in [0.1, 0.15) is 6.10 Å². The number of rotatable bonds is 4. The molecule has 0 bridgehead atoms. The molecule has 1 rings (SSSR count). The molecule has 16 heavy (non-hydrogen) atoms. The minimum absolute atomic E-state index is 0.160. The molecule has 0 aromatic carbocycles. The Hall–Kier alpha value is -1.84. The quantitative estimate of drug-likeness (QED) is 0.661. The Morgan fingerprint density at radius 3 is 2.81 bits per heavy atom. The number of methoxy groups -OCH3 is 1. The highest BCUT2D eigenvalue weighted by atomic mass is 16.5. The number of nitriles is 1. The van der Waals surface area contributed by atoms with Crippen LogP contribution in [0.25, 0.3) is 0 Å². The molecule has 0 radical (unpaired) electrons. The van der Waals surface area contributed by atoms with E-state index in [9.17, 15) is 10.2 Å². The van der Waals surface area contributed by atoms with Gasteiger partial charge in [-0.05, 0) is 6.07 Å². The molecule has 0 amide bonds. The van der Waals surface area contributed by atoms with Crippen LogP contribution in [0.15, 0.2) is 12.3 Å². The van der Waals surface area contributed by atoms with Crippen molar-refractivity contribution in [1.82, 2.24) is 4.98 Å². The van der Waals surface area contributed by atoms with Crippen LogP contribution in [0.4, 0.5) is 5.69 Å². The van der Waals surface area contributed by atoms with E-state index < -0.39 is 12.2 Å². The van der Waals surface area contributed by atoms with Crippen LogP contribution < -0.4 is 10.5 Å². The van der Waals surface area contributed by atoms with E-state index in [0.717, 1.165) is 0 Å². The first-order valence-corrected chi connectivity index (χ1v) is 4.62. The number of hydrogen-bond donors (Lipinski definition) is 3. The number of aliphatic hydroxyl groups excluding tert-OH is 2. The first kappa shape index (κ1) is 12.2. The van der Waals surface area contributed by atoms with Crippen molar-refractivity contribution >= 4 is 5.69 Å². The summed E-state index contributed by atoms with van der Waals surface area (Å²) in [6.45, 7) is 0. The SMILES string of the molecule is COc1ncc(C(O)C(O)CC#N)cc1N. The maximum Gasteiger partial charge on any atom is 0.236 e. The van der Waals surface area contributed by atoms with E-state index in [1.165, 1.54) is 19.4 Å². The Balaban J connectivity index is 2.89. The van der Waals surface area contributed by atoms with Gasteiger partial charge in [-0.1, -0.05) is 0 Å². The third-order valence-corrected chi connectivity index (χ3v) is 2.10. The van der Waals surface area contributed by atoms with Gasteiger partial charge >= 0.3 is 0 Å². The summed E-state index contributed by atoms with van der Waals surface area (Å²) in [5.74, 6) is 0.255. The Kier molecular flexibility index (Phi) is 4.05. The van der Waals surface area contributed by atoms with Crippen LogP contribution in [-0.2, 0) is 0 Å². The second kappa shape index (κ2) is 5.30. The van der Waals surface area contributed by atoms with Crippen molar-refractivity contribution < 1.29 is 14.9 Å². The smallest absolute Gasteiger partial charge is 0.236 e. The number of pyridine rings is 1. The van der Waals surface area contributed by atoms with Gasteiger partial charge in [0.2, 0.25) is 5.88 Å². The fraction of sp³-hybridized carbons (Fsp3) is 0.400. The van der Waals surface area contributed by atoms with E-state index in [1.807, 2.05) is 0 Å². The molecule has 4 N–H and O–H groups in total. The third kappa shape index (κ3) is 2.59. The van der Waals surface area contributed by atoms with Crippen LogP contribution >= 0.6 is 0 Å². The zero-order valence-corrected chi connectivity index (χ0v) is 8.79. The van der Waals surface area contributed by atoms with Gasteiger partial charge in [0, 0.05) is 11.8 Å². The summed E-state index contributed by atoms with van der Waals surface area (Å²) in [7, 11) is 1.43. The molecule has 6 nitrogen and oxygen atoms in total. The molecular weight excluding hydrogens is 210 g/mol. The lowest BCUT2D eigenvalue weighted by Crippen LogP contribution is -2.18. The molecule has 0 spiro atoms. The van der Waals surface area contributed by atoms with Crippen molar-refractivity contribution in [2.75, 3.05) is 12.8 Å². The van der Waals surface area contributed by atoms with Gasteiger partial charge in [-0.3, -0.25) is 0 Å². The van der Waals surface area contributed by atoms with Crippen LogP contribution in [0, 0.1) is 11.3 Å². The second-order valence-corrected chi connectivity index (χ2v) is 3.24. The molecule has 1 aromatic heterocycles. The summed E-state index contributed by atoms with van der Waals surface area (Å²) in [6, 6.07) is 3.22. The Morgan fingerprint density at radius 1 is 1.62 bits per heavy atom. The summed E-state index contributed by atoms with van der Waals surface area (Å²) >= 11 is 0. The monoisotopic (exact) mass is 223 g/mol. The summed E-state index contributed by atoms with van der Waals surface area (Å²) in [5.41, 5.74) is 6.21. The van der Waals surface area contributed by atoms with E-state index in [1.54, 1.807) is 6.07 Å².